The molecule has 0 saturated carbocycles. The number of rotatable bonds is 9. The van der Waals surface area contributed by atoms with Gasteiger partial charge in [0.05, 0.1) is 24.3 Å². The second kappa shape index (κ2) is 14.4. The number of thiophene rings is 2. The van der Waals surface area contributed by atoms with Gasteiger partial charge in [-0.1, -0.05) is 25.7 Å². The zero-order chi connectivity index (χ0) is 32.1. The van der Waals surface area contributed by atoms with E-state index in [0.29, 0.717) is 46.6 Å². The highest BCUT2D eigenvalue weighted by Crippen LogP contribution is 2.43. The van der Waals surface area contributed by atoms with Crippen LogP contribution in [-0.4, -0.2) is 48.8 Å². The van der Waals surface area contributed by atoms with E-state index in [2.05, 4.69) is 0 Å². The molecule has 4 rings (SSSR count). The van der Waals surface area contributed by atoms with Crippen molar-refractivity contribution in [1.29, 1.82) is 0 Å². The summed E-state index contributed by atoms with van der Waals surface area (Å²) >= 11 is 1.74. The van der Waals surface area contributed by atoms with Gasteiger partial charge in [0.25, 0.3) is 0 Å². The standard InChI is InChI=1S/C30H36F4N2O6S2/c1-3-41-25(37)21-17-13-9-5-7-11-15-19(17)43-23(21)35-27(39)29(31,32)30(33,34)28(40)36-24-22(26(38)42-4-2)18-14-10-6-8-12-16-20(18)44-24/h3-16H2,1-2H3,(H,35,39)(H,36,40). The molecule has 2 N–H and O–H groups in total. The van der Waals surface area contributed by atoms with Crippen LogP contribution in [0.2, 0.25) is 0 Å². The maximum atomic E-state index is 15.2. The second-order valence-corrected chi connectivity index (χ2v) is 13.0. The predicted molar refractivity (Wildman–Crippen MR) is 159 cm³/mol. The molecule has 0 radical (unpaired) electrons. The molecule has 44 heavy (non-hydrogen) atoms. The first-order valence-electron chi connectivity index (χ1n) is 15.0. The van der Waals surface area contributed by atoms with Gasteiger partial charge in [-0.2, -0.15) is 17.6 Å². The third kappa shape index (κ3) is 6.95. The number of aryl methyl sites for hydroxylation is 2. The van der Waals surface area contributed by atoms with E-state index in [9.17, 15) is 19.2 Å². The number of hydrogen-bond donors (Lipinski definition) is 2. The van der Waals surface area contributed by atoms with E-state index in [1.807, 2.05) is 10.6 Å². The van der Waals surface area contributed by atoms with Gasteiger partial charge in [0.2, 0.25) is 0 Å². The second-order valence-electron chi connectivity index (χ2n) is 10.7. The lowest BCUT2D eigenvalue weighted by atomic mass is 9.96. The fourth-order valence-electron chi connectivity index (χ4n) is 5.50. The van der Waals surface area contributed by atoms with E-state index < -0.39 is 35.6 Å². The Hall–Kier alpha value is -3.00. The molecule has 2 heterocycles. The van der Waals surface area contributed by atoms with E-state index in [-0.39, 0.29) is 34.3 Å². The van der Waals surface area contributed by atoms with Crippen LogP contribution in [0.5, 0.6) is 0 Å². The third-order valence-electron chi connectivity index (χ3n) is 7.72. The Balaban J connectivity index is 1.62. The van der Waals surface area contributed by atoms with Crippen molar-refractivity contribution < 1.29 is 46.2 Å². The number of anilines is 2. The van der Waals surface area contributed by atoms with Crippen LogP contribution in [-0.2, 0) is 44.7 Å². The molecular weight excluding hydrogens is 624 g/mol. The van der Waals surface area contributed by atoms with Crippen molar-refractivity contribution in [2.75, 3.05) is 23.8 Å². The summed E-state index contributed by atoms with van der Waals surface area (Å²) in [5.74, 6) is -17.6. The van der Waals surface area contributed by atoms with Crippen molar-refractivity contribution in [2.24, 2.45) is 0 Å². The minimum atomic E-state index is -5.52. The molecule has 0 bridgehead atoms. The Morgan fingerprint density at radius 3 is 1.30 bits per heavy atom. The number of esters is 2. The minimum absolute atomic E-state index is 0.0226. The first kappa shape index (κ1) is 33.9. The molecule has 0 aliphatic heterocycles. The Morgan fingerprint density at radius 1 is 0.614 bits per heavy atom. The van der Waals surface area contributed by atoms with Gasteiger partial charge in [0.15, 0.2) is 0 Å². The van der Waals surface area contributed by atoms with Crippen molar-refractivity contribution in [2.45, 2.75) is 103 Å². The van der Waals surface area contributed by atoms with Gasteiger partial charge in [-0.3, -0.25) is 9.59 Å². The highest BCUT2D eigenvalue weighted by Gasteiger charge is 2.67. The lowest BCUT2D eigenvalue weighted by molar-refractivity contribution is -0.204. The van der Waals surface area contributed by atoms with Crippen LogP contribution >= 0.6 is 22.7 Å². The van der Waals surface area contributed by atoms with Crippen molar-refractivity contribution in [3.05, 3.63) is 32.0 Å². The summed E-state index contributed by atoms with van der Waals surface area (Å²) in [6.07, 6.45) is 8.58. The Bertz CT molecular complexity index is 1300. The maximum Gasteiger partial charge on any atom is 0.396 e. The van der Waals surface area contributed by atoms with Gasteiger partial charge in [0.1, 0.15) is 10.0 Å². The molecule has 2 aromatic rings. The summed E-state index contributed by atoms with van der Waals surface area (Å²) in [5, 5.41) is 2.98. The summed E-state index contributed by atoms with van der Waals surface area (Å²) in [7, 11) is 0. The van der Waals surface area contributed by atoms with Crippen LogP contribution in [0.25, 0.3) is 0 Å². The summed E-state index contributed by atoms with van der Waals surface area (Å²) < 4.78 is 71.0. The number of hydrogen-bond acceptors (Lipinski definition) is 8. The third-order valence-corrected chi connectivity index (χ3v) is 10.1. The lowest BCUT2D eigenvalue weighted by Crippen LogP contribution is -2.56. The Kier molecular flexibility index (Phi) is 11.1. The molecule has 0 fully saturated rings. The molecule has 0 unspecified atom stereocenters. The molecule has 0 aromatic carbocycles. The van der Waals surface area contributed by atoms with Crippen LogP contribution in [0.15, 0.2) is 0 Å². The zero-order valence-electron chi connectivity index (χ0n) is 24.7. The molecule has 0 spiro atoms. The number of amides is 2. The number of ether oxygens (including phenoxy) is 2. The van der Waals surface area contributed by atoms with Gasteiger partial charge in [-0.25, -0.2) is 9.59 Å². The molecule has 0 atom stereocenters. The van der Waals surface area contributed by atoms with Gasteiger partial charge in [-0.15, -0.1) is 22.7 Å². The van der Waals surface area contributed by atoms with Crippen molar-refractivity contribution in [3.63, 3.8) is 0 Å². The molecule has 2 aromatic heterocycles. The van der Waals surface area contributed by atoms with E-state index >= 15 is 17.6 Å². The quantitative estimate of drug-likeness (QED) is 0.215. The molecule has 14 heteroatoms. The first-order valence-corrected chi connectivity index (χ1v) is 16.6. The normalized spacial score (nSPS) is 15.9. The Labute approximate surface area is 260 Å². The number of alkyl halides is 4. The SMILES string of the molecule is CCOC(=O)c1c(NC(=O)C(F)(F)C(F)(F)C(=O)Nc2sc3c(c2C(=O)OCC)CCCCCC3)sc2c1CCCCCC2. The van der Waals surface area contributed by atoms with Gasteiger partial charge in [0, 0.05) is 9.75 Å². The summed E-state index contributed by atoms with van der Waals surface area (Å²) in [6.45, 7) is 3.07. The smallest absolute Gasteiger partial charge is 0.396 e. The van der Waals surface area contributed by atoms with Crippen molar-refractivity contribution in [3.8, 4) is 0 Å². The summed E-state index contributed by atoms with van der Waals surface area (Å²) in [6, 6.07) is 0. The molecule has 8 nitrogen and oxygen atoms in total. The average Bonchev–Trinajstić information content (AvgIpc) is 3.44. The van der Waals surface area contributed by atoms with Crippen LogP contribution in [0.1, 0.15) is 107 Å². The van der Waals surface area contributed by atoms with E-state index in [4.69, 9.17) is 9.47 Å². The molecule has 2 aliphatic carbocycles. The fraction of sp³-hybridized carbons (Fsp3) is 0.600. The zero-order valence-corrected chi connectivity index (χ0v) is 26.3. The van der Waals surface area contributed by atoms with E-state index in [1.165, 1.54) is 0 Å². The maximum absolute atomic E-state index is 15.2. The molecule has 2 aliphatic rings. The monoisotopic (exact) mass is 660 g/mol. The number of carbonyl (C=O) groups is 4. The van der Waals surface area contributed by atoms with E-state index in [0.717, 1.165) is 74.0 Å². The average molecular weight is 661 g/mol. The first-order chi connectivity index (χ1) is 20.9. The van der Waals surface area contributed by atoms with Gasteiger partial charge >= 0.3 is 35.6 Å². The molecule has 2 amide bonds. The highest BCUT2D eigenvalue weighted by molar-refractivity contribution is 7.17. The summed E-state index contributed by atoms with van der Waals surface area (Å²) in [5.41, 5.74) is 0.855. The van der Waals surface area contributed by atoms with E-state index in [1.54, 1.807) is 13.8 Å². The molecule has 242 valence electrons. The predicted octanol–water partition coefficient (Wildman–Crippen LogP) is 7.33. The number of nitrogens with one attached hydrogen (secondary N) is 2. The van der Waals surface area contributed by atoms with Crippen molar-refractivity contribution >= 4 is 56.4 Å². The number of halogens is 4. The van der Waals surface area contributed by atoms with Crippen LogP contribution in [0, 0.1) is 0 Å². The minimum Gasteiger partial charge on any atom is -0.462 e. The number of fused-ring (bicyclic) bond motifs is 2. The van der Waals surface area contributed by atoms with Gasteiger partial charge in [-0.05, 0) is 76.3 Å². The van der Waals surface area contributed by atoms with Crippen LogP contribution in [0.3, 0.4) is 0 Å². The van der Waals surface area contributed by atoms with Crippen LogP contribution < -0.4 is 10.6 Å². The number of carbonyl (C=O) groups excluding carboxylic acids is 4. The molecule has 0 saturated heterocycles. The lowest BCUT2D eigenvalue weighted by Gasteiger charge is -2.24. The largest absolute Gasteiger partial charge is 0.462 e. The van der Waals surface area contributed by atoms with Crippen LogP contribution in [0.4, 0.5) is 27.6 Å². The van der Waals surface area contributed by atoms with Crippen molar-refractivity contribution in [1.82, 2.24) is 0 Å². The Morgan fingerprint density at radius 2 is 0.955 bits per heavy atom. The highest BCUT2D eigenvalue weighted by atomic mass is 32.1. The summed E-state index contributed by atoms with van der Waals surface area (Å²) in [4.78, 5) is 52.5. The topological polar surface area (TPSA) is 111 Å². The fourth-order valence-corrected chi connectivity index (χ4v) is 8.05. The van der Waals surface area contributed by atoms with Gasteiger partial charge < -0.3 is 20.1 Å². The molecular formula is C30H36F4N2O6S2.